The van der Waals surface area contributed by atoms with E-state index in [1.807, 2.05) is 27.7 Å². The summed E-state index contributed by atoms with van der Waals surface area (Å²) in [6.45, 7) is 8.00. The second-order valence-electron chi connectivity index (χ2n) is 5.10. The van der Waals surface area contributed by atoms with Gasteiger partial charge in [0.25, 0.3) is 0 Å². The smallest absolute Gasteiger partial charge is 0.0184 e. The summed E-state index contributed by atoms with van der Waals surface area (Å²) in [6, 6.07) is 33.4. The minimum absolute atomic E-state index is 0.470. The third-order valence-corrected chi connectivity index (χ3v) is 3.32. The molecule has 4 aromatic carbocycles. The molecule has 4 rings (SSSR count). The van der Waals surface area contributed by atoms with Crippen molar-refractivity contribution in [1.82, 2.24) is 0 Å². The van der Waals surface area contributed by atoms with Crippen LogP contribution in [-0.2, 0) is 0 Å². The molecule has 0 aliphatic carbocycles. The van der Waals surface area contributed by atoms with Gasteiger partial charge in [-0.1, -0.05) is 125 Å². The maximum absolute atomic E-state index is 2.26. The Morgan fingerprint density at radius 3 is 0.593 bits per heavy atom. The summed E-state index contributed by atoms with van der Waals surface area (Å²) in [7, 11) is 0. The molecule has 0 saturated heterocycles. The van der Waals surface area contributed by atoms with E-state index in [0.717, 1.165) is 0 Å². The quantitative estimate of drug-likeness (QED) is 0.224. The van der Waals surface area contributed by atoms with Gasteiger partial charge in [0.15, 0.2) is 0 Å². The van der Waals surface area contributed by atoms with Crippen LogP contribution in [0.15, 0.2) is 97.1 Å². The topological polar surface area (TPSA) is 0 Å². The molecular formula is C26H34Te. The van der Waals surface area contributed by atoms with Crippen molar-refractivity contribution in [3.05, 3.63) is 97.1 Å². The number of fused-ring (bicyclic) bond motifs is 2. The summed E-state index contributed by atoms with van der Waals surface area (Å²) in [5, 5.41) is 5.24. The Morgan fingerprint density at radius 1 is 0.370 bits per heavy atom. The summed E-state index contributed by atoms with van der Waals surface area (Å²) in [5.74, 6) is 0. The fourth-order valence-electron chi connectivity index (χ4n) is 2.27. The Labute approximate surface area is 176 Å². The van der Waals surface area contributed by atoms with E-state index in [9.17, 15) is 0 Å². The summed E-state index contributed by atoms with van der Waals surface area (Å²) in [4.78, 5) is 4.51. The van der Waals surface area contributed by atoms with Crippen LogP contribution in [0.1, 0.15) is 27.7 Å². The number of hydrogen-bond acceptors (Lipinski definition) is 0. The van der Waals surface area contributed by atoms with E-state index in [-0.39, 0.29) is 0 Å². The first-order valence-electron chi connectivity index (χ1n) is 9.63. The average Bonchev–Trinajstić information content (AvgIpc) is 2.78. The zero-order valence-corrected chi connectivity index (χ0v) is 20.0. The molecule has 0 bridgehead atoms. The molecule has 0 aromatic heterocycles. The molecule has 0 atom stereocenters. The second kappa shape index (κ2) is 17.6. The third-order valence-electron chi connectivity index (χ3n) is 3.32. The van der Waals surface area contributed by atoms with Crippen molar-refractivity contribution in [1.29, 1.82) is 0 Å². The van der Waals surface area contributed by atoms with Crippen LogP contribution in [0.5, 0.6) is 0 Å². The first-order valence-corrected chi connectivity index (χ1v) is 14.3. The molecule has 0 aliphatic rings. The molecule has 0 radical (unpaired) electrons. The summed E-state index contributed by atoms with van der Waals surface area (Å²) < 4.78 is 0. The maximum Gasteiger partial charge on any atom is -0.0184 e. The van der Waals surface area contributed by atoms with E-state index in [1.54, 1.807) is 0 Å². The van der Waals surface area contributed by atoms with Gasteiger partial charge in [0.05, 0.1) is 0 Å². The van der Waals surface area contributed by atoms with Crippen LogP contribution < -0.4 is 0 Å². The normalized spacial score (nSPS) is 8.52. The Hall–Kier alpha value is -1.81. The van der Waals surface area contributed by atoms with Gasteiger partial charge in [0.2, 0.25) is 0 Å². The van der Waals surface area contributed by atoms with E-state index in [0.29, 0.717) is 20.9 Å². The maximum atomic E-state index is 2.26. The summed E-state index contributed by atoms with van der Waals surface area (Å²) >= 11 is 0.470. The largest absolute Gasteiger partial charge is 0.0616 e. The van der Waals surface area contributed by atoms with Gasteiger partial charge in [0.1, 0.15) is 0 Å². The Balaban J connectivity index is 0.000000379. The van der Waals surface area contributed by atoms with E-state index >= 15 is 0 Å². The van der Waals surface area contributed by atoms with Crippen LogP contribution in [0.2, 0.25) is 9.94 Å². The van der Waals surface area contributed by atoms with Crippen LogP contribution in [0.4, 0.5) is 0 Å². The Kier molecular flexibility index (Phi) is 16.4. The molecule has 4 aromatic rings. The molecule has 0 fully saturated rings. The standard InChI is InChI=1S/2C10H8.C2H6Te.2C2H6/c2*1-2-6-10-8-4-3-7-9(10)5-1;1-3-2;2*1-2/h2*1-8H;1-2H3;2*1-2H3. The summed E-state index contributed by atoms with van der Waals surface area (Å²) in [6.07, 6.45) is 0. The van der Waals surface area contributed by atoms with Gasteiger partial charge >= 0.3 is 30.9 Å². The van der Waals surface area contributed by atoms with E-state index in [1.165, 1.54) is 21.5 Å². The molecule has 0 N–H and O–H groups in total. The molecule has 0 amide bonds. The second-order valence-corrected chi connectivity index (χ2v) is 7.43. The van der Waals surface area contributed by atoms with Gasteiger partial charge in [-0.25, -0.2) is 0 Å². The van der Waals surface area contributed by atoms with E-state index in [2.05, 4.69) is 107 Å². The minimum atomic E-state index is 0.470. The van der Waals surface area contributed by atoms with Crippen molar-refractivity contribution in [3.63, 3.8) is 0 Å². The molecule has 1 heteroatoms. The van der Waals surface area contributed by atoms with Gasteiger partial charge in [-0.3, -0.25) is 0 Å². The summed E-state index contributed by atoms with van der Waals surface area (Å²) in [5.41, 5.74) is 0. The molecule has 27 heavy (non-hydrogen) atoms. The molecule has 0 unspecified atom stereocenters. The van der Waals surface area contributed by atoms with E-state index in [4.69, 9.17) is 0 Å². The average molecular weight is 474 g/mol. The van der Waals surface area contributed by atoms with Crippen LogP contribution >= 0.6 is 0 Å². The molecule has 0 aliphatic heterocycles. The van der Waals surface area contributed by atoms with Gasteiger partial charge in [-0.15, -0.1) is 0 Å². The van der Waals surface area contributed by atoms with Crippen molar-refractivity contribution < 1.29 is 0 Å². The van der Waals surface area contributed by atoms with Gasteiger partial charge in [0, 0.05) is 0 Å². The number of rotatable bonds is 0. The van der Waals surface area contributed by atoms with Crippen molar-refractivity contribution in [2.45, 2.75) is 37.6 Å². The Bertz CT molecular complexity index is 635. The van der Waals surface area contributed by atoms with Crippen molar-refractivity contribution in [2.75, 3.05) is 0 Å². The molecule has 0 spiro atoms. The van der Waals surface area contributed by atoms with Crippen LogP contribution in [0.3, 0.4) is 0 Å². The number of hydrogen-bond donors (Lipinski definition) is 0. The first kappa shape index (κ1) is 25.2. The van der Waals surface area contributed by atoms with Crippen molar-refractivity contribution in [3.8, 4) is 0 Å². The van der Waals surface area contributed by atoms with Gasteiger partial charge < -0.3 is 0 Å². The zero-order chi connectivity index (χ0) is 20.3. The first-order chi connectivity index (χ1) is 13.3. The SMILES string of the molecule is CC.CC.C[Te]C.c1ccc2ccccc2c1.c1ccc2ccccc2c1. The van der Waals surface area contributed by atoms with Crippen LogP contribution in [0.25, 0.3) is 21.5 Å². The van der Waals surface area contributed by atoms with Gasteiger partial charge in [-0.2, -0.15) is 0 Å². The fraction of sp³-hybridized carbons (Fsp3) is 0.231. The van der Waals surface area contributed by atoms with E-state index < -0.39 is 0 Å². The molecular weight excluding hydrogens is 440 g/mol. The Morgan fingerprint density at radius 2 is 0.481 bits per heavy atom. The number of benzene rings is 4. The van der Waals surface area contributed by atoms with Crippen LogP contribution in [-0.4, -0.2) is 20.9 Å². The fourth-order valence-corrected chi connectivity index (χ4v) is 2.27. The van der Waals surface area contributed by atoms with Crippen LogP contribution in [0, 0.1) is 0 Å². The molecule has 0 heterocycles. The molecule has 0 nitrogen and oxygen atoms in total. The minimum Gasteiger partial charge on any atom is -0.0616 e. The monoisotopic (exact) mass is 476 g/mol. The van der Waals surface area contributed by atoms with Gasteiger partial charge in [-0.05, 0) is 21.5 Å². The predicted octanol–water partition coefficient (Wildman–Crippen LogP) is 8.52. The molecule has 0 saturated carbocycles. The van der Waals surface area contributed by atoms with Crippen molar-refractivity contribution >= 4 is 42.5 Å². The zero-order valence-electron chi connectivity index (χ0n) is 17.6. The predicted molar refractivity (Wildman–Crippen MR) is 128 cm³/mol. The third kappa shape index (κ3) is 10.2. The van der Waals surface area contributed by atoms with Crippen molar-refractivity contribution in [2.24, 2.45) is 0 Å². The molecule has 144 valence electrons.